The van der Waals surface area contributed by atoms with Gasteiger partial charge in [-0.05, 0) is 92.8 Å². The molecule has 2 aromatic rings. The van der Waals surface area contributed by atoms with E-state index in [1.165, 1.54) is 76.0 Å². The van der Waals surface area contributed by atoms with E-state index in [9.17, 15) is 0 Å². The Bertz CT molecular complexity index is 780. The Kier molecular flexibility index (Phi) is 4.57. The van der Waals surface area contributed by atoms with Crippen molar-refractivity contribution in [1.29, 1.82) is 0 Å². The lowest BCUT2D eigenvalue weighted by Gasteiger charge is -2.40. The minimum Gasteiger partial charge on any atom is -0.302 e. The molecule has 3 fully saturated rings. The molecule has 27 heavy (non-hydrogen) atoms. The minimum absolute atomic E-state index is 0.566. The van der Waals surface area contributed by atoms with Crippen molar-refractivity contribution in [3.05, 3.63) is 47.8 Å². The Morgan fingerprint density at radius 1 is 1.11 bits per heavy atom. The zero-order valence-corrected chi connectivity index (χ0v) is 16.6. The lowest BCUT2D eigenvalue weighted by atomic mass is 9.79. The lowest BCUT2D eigenvalue weighted by Crippen LogP contribution is -2.45. The van der Waals surface area contributed by atoms with E-state index in [1.54, 1.807) is 0 Å². The van der Waals surface area contributed by atoms with Crippen molar-refractivity contribution in [1.82, 2.24) is 19.6 Å². The summed E-state index contributed by atoms with van der Waals surface area (Å²) in [5, 5.41) is 4.35. The number of hydrogen-bond acceptors (Lipinski definition) is 3. The van der Waals surface area contributed by atoms with Gasteiger partial charge in [0, 0.05) is 38.6 Å². The van der Waals surface area contributed by atoms with E-state index in [-0.39, 0.29) is 0 Å². The molecule has 1 atom stereocenters. The molecule has 5 rings (SSSR count). The SMILES string of the molecule is Cc1cc(-n2cccn2)ccc1CN1CCC2(CCCN(CC3CC3)C2)C1. The van der Waals surface area contributed by atoms with Gasteiger partial charge >= 0.3 is 0 Å². The molecule has 3 heterocycles. The van der Waals surface area contributed by atoms with Crippen LogP contribution in [0.5, 0.6) is 0 Å². The summed E-state index contributed by atoms with van der Waals surface area (Å²) in [6, 6.07) is 8.76. The highest BCUT2D eigenvalue weighted by Crippen LogP contribution is 2.41. The van der Waals surface area contributed by atoms with Crippen LogP contribution in [0.1, 0.15) is 43.2 Å². The maximum atomic E-state index is 4.35. The van der Waals surface area contributed by atoms with Crippen molar-refractivity contribution in [2.24, 2.45) is 11.3 Å². The Labute approximate surface area is 163 Å². The highest BCUT2D eigenvalue weighted by molar-refractivity contribution is 5.39. The van der Waals surface area contributed by atoms with Crippen LogP contribution in [0.15, 0.2) is 36.7 Å². The van der Waals surface area contributed by atoms with Crippen molar-refractivity contribution in [2.75, 3.05) is 32.7 Å². The maximum absolute atomic E-state index is 4.35. The van der Waals surface area contributed by atoms with Gasteiger partial charge in [-0.25, -0.2) is 4.68 Å². The Hall–Kier alpha value is -1.65. The summed E-state index contributed by atoms with van der Waals surface area (Å²) < 4.78 is 1.94. The first-order valence-corrected chi connectivity index (χ1v) is 10.7. The number of piperidine rings is 1. The van der Waals surface area contributed by atoms with Gasteiger partial charge in [0.05, 0.1) is 5.69 Å². The molecule has 1 unspecified atom stereocenters. The molecular formula is C23H32N4. The lowest BCUT2D eigenvalue weighted by molar-refractivity contribution is 0.0884. The molecular weight excluding hydrogens is 332 g/mol. The molecule has 4 heteroatoms. The molecule has 1 aromatic carbocycles. The minimum atomic E-state index is 0.566. The largest absolute Gasteiger partial charge is 0.302 e. The molecule has 144 valence electrons. The van der Waals surface area contributed by atoms with Crippen molar-refractivity contribution in [3.63, 3.8) is 0 Å². The zero-order chi connectivity index (χ0) is 18.3. The number of aryl methyl sites for hydroxylation is 1. The summed E-state index contributed by atoms with van der Waals surface area (Å²) in [4.78, 5) is 5.49. The van der Waals surface area contributed by atoms with Gasteiger partial charge in [-0.2, -0.15) is 5.10 Å². The van der Waals surface area contributed by atoms with Crippen molar-refractivity contribution in [3.8, 4) is 5.69 Å². The van der Waals surface area contributed by atoms with Gasteiger partial charge < -0.3 is 4.90 Å². The molecule has 1 spiro atoms. The monoisotopic (exact) mass is 364 g/mol. The molecule has 0 bridgehead atoms. The summed E-state index contributed by atoms with van der Waals surface area (Å²) in [7, 11) is 0. The van der Waals surface area contributed by atoms with E-state index >= 15 is 0 Å². The first-order chi connectivity index (χ1) is 13.2. The van der Waals surface area contributed by atoms with Crippen molar-refractivity contribution < 1.29 is 0 Å². The molecule has 0 radical (unpaired) electrons. The van der Waals surface area contributed by atoms with Crippen LogP contribution in [-0.4, -0.2) is 52.3 Å². The van der Waals surface area contributed by atoms with E-state index in [1.807, 2.05) is 23.1 Å². The summed E-state index contributed by atoms with van der Waals surface area (Å²) in [6.07, 6.45) is 11.0. The Morgan fingerprint density at radius 2 is 2.00 bits per heavy atom. The molecule has 1 saturated carbocycles. The Balaban J connectivity index is 1.23. The van der Waals surface area contributed by atoms with Gasteiger partial charge in [0.15, 0.2) is 0 Å². The average Bonchev–Trinajstić information content (AvgIpc) is 3.16. The molecule has 4 nitrogen and oxygen atoms in total. The highest BCUT2D eigenvalue weighted by Gasteiger charge is 2.42. The van der Waals surface area contributed by atoms with Crippen LogP contribution in [-0.2, 0) is 6.54 Å². The summed E-state index contributed by atoms with van der Waals surface area (Å²) in [5.74, 6) is 1.02. The van der Waals surface area contributed by atoms with Gasteiger partial charge in [-0.3, -0.25) is 4.90 Å². The standard InChI is InChI=1S/C23H32N4/c1-19-14-22(27-12-3-10-24-27)7-6-21(19)16-26-13-9-23(18-26)8-2-11-25(17-23)15-20-4-5-20/h3,6-7,10,12,14,20H,2,4-5,8-9,11,13,15-18H2,1H3. The predicted octanol–water partition coefficient (Wildman–Crippen LogP) is 3.88. The van der Waals surface area contributed by atoms with E-state index in [0.29, 0.717) is 5.41 Å². The second-order valence-electron chi connectivity index (χ2n) is 9.30. The zero-order valence-electron chi connectivity index (χ0n) is 16.6. The van der Waals surface area contributed by atoms with Crippen LogP contribution in [0.3, 0.4) is 0 Å². The van der Waals surface area contributed by atoms with Crippen LogP contribution in [0.4, 0.5) is 0 Å². The molecule has 0 N–H and O–H groups in total. The van der Waals surface area contributed by atoms with E-state index in [2.05, 4.69) is 40.0 Å². The third kappa shape index (κ3) is 3.83. The van der Waals surface area contributed by atoms with Crippen molar-refractivity contribution >= 4 is 0 Å². The van der Waals surface area contributed by atoms with Gasteiger partial charge in [0.1, 0.15) is 0 Å². The van der Waals surface area contributed by atoms with Gasteiger partial charge in [0.2, 0.25) is 0 Å². The smallest absolute Gasteiger partial charge is 0.0648 e. The first kappa shape index (κ1) is 17.4. The molecule has 3 aliphatic rings. The number of benzene rings is 1. The predicted molar refractivity (Wildman–Crippen MR) is 109 cm³/mol. The summed E-state index contributed by atoms with van der Waals surface area (Å²) in [5.41, 5.74) is 4.56. The molecule has 0 amide bonds. The Morgan fingerprint density at radius 3 is 2.78 bits per heavy atom. The molecule has 1 aromatic heterocycles. The third-order valence-electron chi connectivity index (χ3n) is 6.96. The number of aromatic nitrogens is 2. The number of nitrogens with zero attached hydrogens (tertiary/aromatic N) is 4. The number of likely N-dealkylation sites (tertiary alicyclic amines) is 2. The second-order valence-corrected chi connectivity index (χ2v) is 9.30. The summed E-state index contributed by atoms with van der Waals surface area (Å²) in [6.45, 7) is 9.94. The quantitative estimate of drug-likeness (QED) is 0.805. The molecule has 2 aliphatic heterocycles. The van der Waals surface area contributed by atoms with Crippen LogP contribution >= 0.6 is 0 Å². The molecule has 2 saturated heterocycles. The van der Waals surface area contributed by atoms with E-state index in [0.717, 1.165) is 18.2 Å². The van der Waals surface area contributed by atoms with E-state index in [4.69, 9.17) is 0 Å². The fraction of sp³-hybridized carbons (Fsp3) is 0.609. The van der Waals surface area contributed by atoms with Crippen molar-refractivity contribution in [2.45, 2.75) is 45.6 Å². The van der Waals surface area contributed by atoms with E-state index < -0.39 is 0 Å². The van der Waals surface area contributed by atoms with Gasteiger partial charge in [0.25, 0.3) is 0 Å². The fourth-order valence-electron chi connectivity index (χ4n) is 5.29. The number of rotatable bonds is 5. The van der Waals surface area contributed by atoms with Gasteiger partial charge in [-0.15, -0.1) is 0 Å². The molecule has 1 aliphatic carbocycles. The van der Waals surface area contributed by atoms with Crippen LogP contribution in [0.2, 0.25) is 0 Å². The first-order valence-electron chi connectivity index (χ1n) is 10.7. The van der Waals surface area contributed by atoms with Crippen LogP contribution in [0, 0.1) is 18.3 Å². The van der Waals surface area contributed by atoms with Gasteiger partial charge in [-0.1, -0.05) is 6.07 Å². The average molecular weight is 365 g/mol. The number of hydrogen-bond donors (Lipinski definition) is 0. The summed E-state index contributed by atoms with van der Waals surface area (Å²) >= 11 is 0. The third-order valence-corrected chi connectivity index (χ3v) is 6.96. The second kappa shape index (κ2) is 7.06. The highest BCUT2D eigenvalue weighted by atomic mass is 15.3. The normalized spacial score (nSPS) is 26.9. The maximum Gasteiger partial charge on any atom is 0.0648 e. The van der Waals surface area contributed by atoms with Crippen LogP contribution < -0.4 is 0 Å². The topological polar surface area (TPSA) is 24.3 Å². The van der Waals surface area contributed by atoms with Crippen LogP contribution in [0.25, 0.3) is 5.69 Å². The fourth-order valence-corrected chi connectivity index (χ4v) is 5.29.